The van der Waals surface area contributed by atoms with Gasteiger partial charge < -0.3 is 14.4 Å². The van der Waals surface area contributed by atoms with Gasteiger partial charge in [-0.1, -0.05) is 6.08 Å². The number of allylic oxidation sites excluding steroid dienone is 1. The molecule has 2 aromatic carbocycles. The van der Waals surface area contributed by atoms with Crippen LogP contribution in [0, 0.1) is 6.92 Å². The minimum atomic E-state index is -0.809. The van der Waals surface area contributed by atoms with Crippen LogP contribution in [0.25, 0.3) is 11.6 Å². The van der Waals surface area contributed by atoms with Gasteiger partial charge in [0.15, 0.2) is 11.5 Å². The first-order chi connectivity index (χ1) is 16.1. The maximum Gasteiger partial charge on any atom is 0.335 e. The van der Waals surface area contributed by atoms with Crippen LogP contribution in [0.3, 0.4) is 0 Å². The number of likely N-dealkylation sites (N-methyl/N-ethyl adjacent to an activating group) is 1. The highest BCUT2D eigenvalue weighted by Gasteiger charge is 2.38. The summed E-state index contributed by atoms with van der Waals surface area (Å²) in [4.78, 5) is 41.7. The van der Waals surface area contributed by atoms with E-state index in [2.05, 4.69) is 43.1 Å². The maximum atomic E-state index is 13.3. The number of amides is 4. The molecule has 0 bridgehead atoms. The molecule has 5 rings (SSSR count). The molecule has 1 saturated heterocycles. The van der Waals surface area contributed by atoms with Gasteiger partial charge in [0.05, 0.1) is 11.2 Å². The number of fused-ring (bicyclic) bond motifs is 2. The molecule has 0 atom stereocenters. The molecule has 8 heteroatoms. The number of imide groups is 2. The predicted octanol–water partition coefficient (Wildman–Crippen LogP) is 4.02. The van der Waals surface area contributed by atoms with Gasteiger partial charge in [-0.05, 0) is 74.7 Å². The van der Waals surface area contributed by atoms with E-state index in [-0.39, 0.29) is 23.6 Å². The zero-order valence-electron chi connectivity index (χ0n) is 19.7. The molecule has 174 valence electrons. The molecule has 0 aliphatic carbocycles. The summed E-state index contributed by atoms with van der Waals surface area (Å²) in [6.45, 7) is 8.36. The van der Waals surface area contributed by atoms with Gasteiger partial charge in [0, 0.05) is 24.4 Å². The predicted molar refractivity (Wildman–Crippen MR) is 129 cm³/mol. The molecule has 0 saturated carbocycles. The zero-order chi connectivity index (χ0) is 24.4. The lowest BCUT2D eigenvalue weighted by atomic mass is 9.87. The topological polar surface area (TPSA) is 88.2 Å². The summed E-state index contributed by atoms with van der Waals surface area (Å²) in [5.41, 5.74) is 4.92. The van der Waals surface area contributed by atoms with E-state index >= 15 is 0 Å². The van der Waals surface area contributed by atoms with Crippen molar-refractivity contribution in [1.82, 2.24) is 5.32 Å². The van der Waals surface area contributed by atoms with Gasteiger partial charge in [-0.3, -0.25) is 14.9 Å². The van der Waals surface area contributed by atoms with Crippen LogP contribution in [0.1, 0.15) is 37.5 Å². The summed E-state index contributed by atoms with van der Waals surface area (Å²) < 4.78 is 10.7. The first kappa shape index (κ1) is 21.8. The average Bonchev–Trinajstić information content (AvgIpc) is 3.23. The fourth-order valence-corrected chi connectivity index (χ4v) is 4.54. The van der Waals surface area contributed by atoms with Crippen molar-refractivity contribution in [1.29, 1.82) is 0 Å². The Hall–Kier alpha value is -4.07. The maximum absolute atomic E-state index is 13.3. The monoisotopic (exact) mass is 459 g/mol. The number of rotatable bonds is 2. The van der Waals surface area contributed by atoms with Crippen molar-refractivity contribution in [3.05, 3.63) is 58.7 Å². The van der Waals surface area contributed by atoms with E-state index in [4.69, 9.17) is 9.47 Å². The molecule has 1 N–H and O–H groups in total. The van der Waals surface area contributed by atoms with Gasteiger partial charge in [-0.15, -0.1) is 0 Å². The van der Waals surface area contributed by atoms with Gasteiger partial charge in [0.2, 0.25) is 6.79 Å². The van der Waals surface area contributed by atoms with Crippen LogP contribution in [-0.2, 0) is 9.59 Å². The minimum absolute atomic E-state index is 0.0698. The second-order valence-electron chi connectivity index (χ2n) is 9.26. The van der Waals surface area contributed by atoms with Crippen molar-refractivity contribution in [2.45, 2.75) is 33.2 Å². The number of carbonyl (C=O) groups excluding carboxylic acids is 3. The van der Waals surface area contributed by atoms with Crippen molar-refractivity contribution in [2.75, 3.05) is 23.6 Å². The Balaban J connectivity index is 1.56. The number of urea groups is 1. The average molecular weight is 460 g/mol. The van der Waals surface area contributed by atoms with Crippen LogP contribution in [0.5, 0.6) is 11.5 Å². The molecule has 3 heterocycles. The molecule has 34 heavy (non-hydrogen) atoms. The molecule has 3 aliphatic heterocycles. The van der Waals surface area contributed by atoms with E-state index in [1.807, 2.05) is 20.0 Å². The van der Waals surface area contributed by atoms with E-state index in [1.54, 1.807) is 24.3 Å². The number of benzene rings is 2. The Morgan fingerprint density at radius 1 is 1.03 bits per heavy atom. The quantitative estimate of drug-likeness (QED) is 0.539. The third-order valence-corrected chi connectivity index (χ3v) is 6.62. The second-order valence-corrected chi connectivity index (χ2v) is 9.26. The van der Waals surface area contributed by atoms with Gasteiger partial charge >= 0.3 is 6.03 Å². The van der Waals surface area contributed by atoms with Crippen molar-refractivity contribution >= 4 is 40.9 Å². The van der Waals surface area contributed by atoms with Crippen molar-refractivity contribution < 1.29 is 23.9 Å². The van der Waals surface area contributed by atoms with Crippen LogP contribution < -0.4 is 24.6 Å². The minimum Gasteiger partial charge on any atom is -0.454 e. The highest BCUT2D eigenvalue weighted by atomic mass is 16.7. The molecule has 0 unspecified atom stereocenters. The lowest BCUT2D eigenvalue weighted by Crippen LogP contribution is -2.54. The van der Waals surface area contributed by atoms with Gasteiger partial charge in [-0.25, -0.2) is 9.69 Å². The van der Waals surface area contributed by atoms with E-state index < -0.39 is 17.8 Å². The highest BCUT2D eigenvalue weighted by Crippen LogP contribution is 2.40. The third kappa shape index (κ3) is 3.34. The second kappa shape index (κ2) is 7.48. The van der Waals surface area contributed by atoms with Crippen LogP contribution >= 0.6 is 0 Å². The molecule has 0 radical (unpaired) electrons. The summed E-state index contributed by atoms with van der Waals surface area (Å²) in [5.74, 6) is -0.466. The third-order valence-electron chi connectivity index (χ3n) is 6.62. The molecule has 1 fully saturated rings. The van der Waals surface area contributed by atoms with Crippen LogP contribution in [0.15, 0.2) is 42.0 Å². The standard InChI is InChI=1S/C26H25N3O5/c1-14-8-20-18(15(2)12-26(3,4)28(20)5)9-16(14)10-19-23(30)27-25(32)29(24(19)31)17-6-7-21-22(11-17)34-13-33-21/h6-12H,13H2,1-5H3,(H,27,30,32)/b19-10-. The zero-order valence-corrected chi connectivity index (χ0v) is 19.7. The smallest absolute Gasteiger partial charge is 0.335 e. The van der Waals surface area contributed by atoms with E-state index in [0.29, 0.717) is 11.5 Å². The first-order valence-electron chi connectivity index (χ1n) is 11.0. The number of aryl methyl sites for hydroxylation is 1. The van der Waals surface area contributed by atoms with Gasteiger partial charge in [0.1, 0.15) is 5.57 Å². The number of nitrogens with one attached hydrogen (secondary N) is 1. The van der Waals surface area contributed by atoms with E-state index in [9.17, 15) is 14.4 Å². The Bertz CT molecular complexity index is 1340. The van der Waals surface area contributed by atoms with Gasteiger partial charge in [0.25, 0.3) is 11.8 Å². The number of hydrogen-bond donors (Lipinski definition) is 1. The molecule has 4 amide bonds. The van der Waals surface area contributed by atoms with E-state index in [1.165, 1.54) is 0 Å². The number of anilines is 2. The Morgan fingerprint density at radius 3 is 2.53 bits per heavy atom. The van der Waals surface area contributed by atoms with Crippen LogP contribution in [-0.4, -0.2) is 37.2 Å². The molecule has 8 nitrogen and oxygen atoms in total. The van der Waals surface area contributed by atoms with Gasteiger partial charge in [-0.2, -0.15) is 0 Å². The summed E-state index contributed by atoms with van der Waals surface area (Å²) >= 11 is 0. The summed E-state index contributed by atoms with van der Waals surface area (Å²) in [7, 11) is 2.05. The Morgan fingerprint density at radius 2 is 1.76 bits per heavy atom. The fourth-order valence-electron chi connectivity index (χ4n) is 4.54. The SMILES string of the molecule is CC1=CC(C)(C)N(C)c2cc(C)c(/C=C3/C(=O)NC(=O)N(c4ccc5c(c4)OCO5)C3=O)cc21. The van der Waals surface area contributed by atoms with Crippen molar-refractivity contribution in [2.24, 2.45) is 0 Å². The summed E-state index contributed by atoms with van der Waals surface area (Å²) in [6, 6.07) is 7.98. The largest absolute Gasteiger partial charge is 0.454 e. The van der Waals surface area contributed by atoms with Crippen molar-refractivity contribution in [3.63, 3.8) is 0 Å². The Labute approximate surface area is 197 Å². The highest BCUT2D eigenvalue weighted by molar-refractivity contribution is 6.39. The Kier molecular flexibility index (Phi) is 4.79. The fraction of sp³-hybridized carbons (Fsp3) is 0.269. The van der Waals surface area contributed by atoms with Crippen LogP contribution in [0.2, 0.25) is 0 Å². The number of ether oxygens (including phenoxy) is 2. The summed E-state index contributed by atoms with van der Waals surface area (Å²) in [6.07, 6.45) is 3.74. The normalized spacial score (nSPS) is 19.9. The first-order valence-corrected chi connectivity index (χ1v) is 11.0. The molecule has 3 aliphatic rings. The molecular formula is C26H25N3O5. The summed E-state index contributed by atoms with van der Waals surface area (Å²) in [5, 5.41) is 2.27. The number of carbonyl (C=O) groups is 3. The van der Waals surface area contributed by atoms with Crippen LogP contribution in [0.4, 0.5) is 16.2 Å². The molecule has 0 aromatic heterocycles. The lowest BCUT2D eigenvalue weighted by Gasteiger charge is -2.41. The lowest BCUT2D eigenvalue weighted by molar-refractivity contribution is -0.122. The number of hydrogen-bond acceptors (Lipinski definition) is 6. The number of barbiturate groups is 1. The number of nitrogens with zero attached hydrogens (tertiary/aromatic N) is 2. The van der Waals surface area contributed by atoms with E-state index in [0.717, 1.165) is 32.9 Å². The van der Waals surface area contributed by atoms with Crippen molar-refractivity contribution in [3.8, 4) is 11.5 Å². The molecule has 0 spiro atoms. The molecular weight excluding hydrogens is 434 g/mol. The molecule has 2 aromatic rings.